The Morgan fingerprint density at radius 3 is 2.53 bits per heavy atom. The van der Waals surface area contributed by atoms with Crippen molar-refractivity contribution in [2.45, 2.75) is 30.3 Å². The summed E-state index contributed by atoms with van der Waals surface area (Å²) < 4.78 is 32.2. The standard InChI is InChI=1S/C24H25N3O4S/c1-16-14-17(8-9-21(16)32(3,29)30)23(28)27-12-10-24(11-13-27)19-15-25-26(2)22(19)18-6-4-5-7-20(18)31-24/h4-9,14-15H,10-13H2,1-3H3. The van der Waals surface area contributed by atoms with Gasteiger partial charge in [-0.15, -0.1) is 0 Å². The van der Waals surface area contributed by atoms with Gasteiger partial charge in [0.1, 0.15) is 11.4 Å². The smallest absolute Gasteiger partial charge is 0.253 e. The SMILES string of the molecule is Cc1cc(C(=O)N2CCC3(CC2)Oc2ccccc2-c2c3cnn2C)ccc1S(C)(=O)=O. The minimum atomic E-state index is -3.32. The normalized spacial score (nSPS) is 16.9. The molecule has 0 atom stereocenters. The molecule has 1 saturated heterocycles. The first-order chi connectivity index (χ1) is 15.2. The van der Waals surface area contributed by atoms with Gasteiger partial charge in [-0.2, -0.15) is 5.10 Å². The van der Waals surface area contributed by atoms with E-state index in [-0.39, 0.29) is 10.8 Å². The number of fused-ring (bicyclic) bond motifs is 4. The molecule has 1 amide bonds. The molecule has 2 aromatic carbocycles. The predicted molar refractivity (Wildman–Crippen MR) is 120 cm³/mol. The van der Waals surface area contributed by atoms with Crippen LogP contribution in [-0.2, 0) is 22.5 Å². The molecular weight excluding hydrogens is 426 g/mol. The third-order valence-corrected chi connectivity index (χ3v) is 7.81. The van der Waals surface area contributed by atoms with E-state index >= 15 is 0 Å². The van der Waals surface area contributed by atoms with Crippen molar-refractivity contribution < 1.29 is 17.9 Å². The number of aromatic nitrogens is 2. The Kier molecular flexibility index (Phi) is 4.67. The fourth-order valence-corrected chi connectivity index (χ4v) is 5.89. The van der Waals surface area contributed by atoms with Gasteiger partial charge in [0, 0.05) is 55.9 Å². The third-order valence-electron chi connectivity index (χ3n) is 6.56. The summed E-state index contributed by atoms with van der Waals surface area (Å²) in [6.45, 7) is 2.81. The van der Waals surface area contributed by atoms with Crippen LogP contribution in [0.25, 0.3) is 11.3 Å². The highest BCUT2D eigenvalue weighted by Gasteiger charge is 2.45. The molecule has 0 aliphatic carbocycles. The van der Waals surface area contributed by atoms with E-state index in [0.29, 0.717) is 37.1 Å². The van der Waals surface area contributed by atoms with Crippen LogP contribution in [0.1, 0.15) is 34.3 Å². The number of carbonyl (C=O) groups excluding carboxylic acids is 1. The average molecular weight is 452 g/mol. The van der Waals surface area contributed by atoms with Gasteiger partial charge in [-0.1, -0.05) is 12.1 Å². The van der Waals surface area contributed by atoms with Gasteiger partial charge >= 0.3 is 0 Å². The summed E-state index contributed by atoms with van der Waals surface area (Å²) in [5.74, 6) is 0.751. The zero-order chi connectivity index (χ0) is 22.7. The van der Waals surface area contributed by atoms with Crippen molar-refractivity contribution in [1.82, 2.24) is 14.7 Å². The molecule has 2 aliphatic rings. The van der Waals surface area contributed by atoms with Crippen LogP contribution in [0.3, 0.4) is 0 Å². The number of amides is 1. The maximum absolute atomic E-state index is 13.2. The Labute approximate surface area is 187 Å². The van der Waals surface area contributed by atoms with Gasteiger partial charge in [-0.25, -0.2) is 8.42 Å². The monoisotopic (exact) mass is 451 g/mol. The zero-order valence-corrected chi connectivity index (χ0v) is 19.1. The molecule has 32 heavy (non-hydrogen) atoms. The first-order valence-corrected chi connectivity index (χ1v) is 12.5. The lowest BCUT2D eigenvalue weighted by molar-refractivity contribution is -0.00173. The molecule has 166 valence electrons. The van der Waals surface area contributed by atoms with Crippen molar-refractivity contribution in [3.63, 3.8) is 0 Å². The molecule has 0 saturated carbocycles. The summed E-state index contributed by atoms with van der Waals surface area (Å²) in [6, 6.07) is 12.8. The Balaban J connectivity index is 1.40. The summed E-state index contributed by atoms with van der Waals surface area (Å²) in [4.78, 5) is 15.2. The van der Waals surface area contributed by atoms with Crippen LogP contribution in [0.4, 0.5) is 0 Å². The molecule has 0 radical (unpaired) electrons. The van der Waals surface area contributed by atoms with Crippen LogP contribution in [0, 0.1) is 6.92 Å². The van der Waals surface area contributed by atoms with Crippen LogP contribution in [-0.4, -0.2) is 48.4 Å². The van der Waals surface area contributed by atoms with E-state index in [1.54, 1.807) is 19.1 Å². The van der Waals surface area contributed by atoms with Gasteiger partial charge in [-0.05, 0) is 42.8 Å². The van der Waals surface area contributed by atoms with Gasteiger partial charge in [-0.3, -0.25) is 9.48 Å². The van der Waals surface area contributed by atoms with E-state index < -0.39 is 15.4 Å². The Morgan fingerprint density at radius 2 is 1.84 bits per heavy atom. The lowest BCUT2D eigenvalue weighted by atomic mass is 9.81. The molecule has 0 N–H and O–H groups in total. The third kappa shape index (κ3) is 3.21. The minimum absolute atomic E-state index is 0.0920. The summed E-state index contributed by atoms with van der Waals surface area (Å²) in [7, 11) is -1.38. The number of para-hydroxylation sites is 1. The maximum atomic E-state index is 13.2. The van der Waals surface area contributed by atoms with Gasteiger partial charge in [0.2, 0.25) is 0 Å². The van der Waals surface area contributed by atoms with Crippen LogP contribution in [0.5, 0.6) is 5.75 Å². The molecule has 1 aromatic heterocycles. The second-order valence-corrected chi connectivity index (χ2v) is 10.7. The van der Waals surface area contributed by atoms with E-state index in [0.717, 1.165) is 22.6 Å². The first-order valence-electron chi connectivity index (χ1n) is 10.6. The van der Waals surface area contributed by atoms with E-state index in [1.807, 2.05) is 47.1 Å². The van der Waals surface area contributed by atoms with Crippen LogP contribution < -0.4 is 4.74 Å². The van der Waals surface area contributed by atoms with Crippen molar-refractivity contribution >= 4 is 15.7 Å². The van der Waals surface area contributed by atoms with Gasteiger partial charge in [0.25, 0.3) is 5.91 Å². The highest BCUT2D eigenvalue weighted by atomic mass is 32.2. The molecule has 0 bridgehead atoms. The predicted octanol–water partition coefficient (Wildman–Crippen LogP) is 3.32. The van der Waals surface area contributed by atoms with Crippen molar-refractivity contribution in [2.75, 3.05) is 19.3 Å². The molecule has 2 aliphatic heterocycles. The Hall–Kier alpha value is -3.13. The number of rotatable bonds is 2. The van der Waals surface area contributed by atoms with E-state index in [9.17, 15) is 13.2 Å². The Bertz CT molecular complexity index is 1340. The lowest BCUT2D eigenvalue weighted by Crippen LogP contribution is -2.49. The number of hydrogen-bond acceptors (Lipinski definition) is 5. The Morgan fingerprint density at radius 1 is 1.12 bits per heavy atom. The number of nitrogens with zero attached hydrogens (tertiary/aromatic N) is 3. The van der Waals surface area contributed by atoms with Crippen molar-refractivity contribution in [1.29, 1.82) is 0 Å². The highest BCUT2D eigenvalue weighted by Crippen LogP contribution is 2.49. The van der Waals surface area contributed by atoms with Crippen molar-refractivity contribution in [2.24, 2.45) is 7.05 Å². The highest BCUT2D eigenvalue weighted by molar-refractivity contribution is 7.90. The molecule has 8 heteroatoms. The number of benzene rings is 2. The second-order valence-electron chi connectivity index (χ2n) is 8.67. The summed E-state index contributed by atoms with van der Waals surface area (Å²) >= 11 is 0. The van der Waals surface area contributed by atoms with Gasteiger partial charge in [0.15, 0.2) is 9.84 Å². The average Bonchev–Trinajstić information content (AvgIpc) is 3.16. The summed E-state index contributed by atoms with van der Waals surface area (Å²) in [5.41, 5.74) is 3.75. The number of piperidine rings is 1. The molecule has 0 unspecified atom stereocenters. The molecule has 3 aromatic rings. The number of sulfone groups is 1. The van der Waals surface area contributed by atoms with Gasteiger partial charge in [0.05, 0.1) is 16.8 Å². The van der Waals surface area contributed by atoms with E-state index in [1.165, 1.54) is 12.3 Å². The minimum Gasteiger partial charge on any atom is -0.482 e. The molecule has 1 spiro atoms. The van der Waals surface area contributed by atoms with Crippen LogP contribution in [0.2, 0.25) is 0 Å². The largest absolute Gasteiger partial charge is 0.482 e. The number of ether oxygens (including phenoxy) is 1. The maximum Gasteiger partial charge on any atom is 0.253 e. The molecule has 1 fully saturated rings. The van der Waals surface area contributed by atoms with Crippen LogP contribution in [0.15, 0.2) is 53.6 Å². The van der Waals surface area contributed by atoms with Crippen LogP contribution >= 0.6 is 0 Å². The van der Waals surface area contributed by atoms with Crippen molar-refractivity contribution in [3.8, 4) is 17.0 Å². The second kappa shape index (κ2) is 7.20. The quantitative estimate of drug-likeness (QED) is 0.597. The first kappa shape index (κ1) is 20.8. The fraction of sp³-hybridized carbons (Fsp3) is 0.333. The van der Waals surface area contributed by atoms with E-state index in [4.69, 9.17) is 4.74 Å². The topological polar surface area (TPSA) is 81.5 Å². The molecule has 7 nitrogen and oxygen atoms in total. The number of likely N-dealkylation sites (tertiary alicyclic amines) is 1. The zero-order valence-electron chi connectivity index (χ0n) is 18.3. The summed E-state index contributed by atoms with van der Waals surface area (Å²) in [5, 5.41) is 4.49. The van der Waals surface area contributed by atoms with E-state index in [2.05, 4.69) is 5.10 Å². The van der Waals surface area contributed by atoms with Crippen molar-refractivity contribution in [3.05, 3.63) is 65.4 Å². The molecule has 3 heterocycles. The summed E-state index contributed by atoms with van der Waals surface area (Å²) in [6.07, 6.45) is 4.38. The lowest BCUT2D eigenvalue weighted by Gasteiger charge is -2.44. The van der Waals surface area contributed by atoms with Gasteiger partial charge < -0.3 is 9.64 Å². The number of hydrogen-bond donors (Lipinski definition) is 0. The fourth-order valence-electron chi connectivity index (χ4n) is 4.93. The molecular formula is C24H25N3O4S. The molecule has 5 rings (SSSR count). The number of carbonyl (C=O) groups is 1. The number of aryl methyl sites for hydroxylation is 2.